The van der Waals surface area contributed by atoms with Gasteiger partial charge in [-0.05, 0) is 47.9 Å². The third kappa shape index (κ3) is 4.61. The number of nitrogen functional groups attached to an aromatic ring is 1. The predicted molar refractivity (Wildman–Crippen MR) is 119 cm³/mol. The van der Waals surface area contributed by atoms with Gasteiger partial charge in [-0.2, -0.15) is 0 Å². The summed E-state index contributed by atoms with van der Waals surface area (Å²) in [7, 11) is 0. The van der Waals surface area contributed by atoms with Crippen LogP contribution in [0.4, 0.5) is 11.5 Å². The summed E-state index contributed by atoms with van der Waals surface area (Å²) in [6.07, 6.45) is 4.47. The molecular formula is C25H24N4. The first kappa shape index (κ1) is 18.7. The van der Waals surface area contributed by atoms with Crippen LogP contribution >= 0.6 is 0 Å². The van der Waals surface area contributed by atoms with Crippen molar-refractivity contribution in [3.63, 3.8) is 0 Å². The first-order chi connectivity index (χ1) is 14.3. The molecule has 0 saturated carbocycles. The lowest BCUT2D eigenvalue weighted by Gasteiger charge is -2.30. The van der Waals surface area contributed by atoms with E-state index in [0.29, 0.717) is 0 Å². The van der Waals surface area contributed by atoms with Crippen molar-refractivity contribution in [2.24, 2.45) is 0 Å². The summed E-state index contributed by atoms with van der Waals surface area (Å²) in [6.45, 7) is 0. The van der Waals surface area contributed by atoms with Crippen LogP contribution in [0.3, 0.4) is 0 Å². The largest absolute Gasteiger partial charge is 0.398 e. The van der Waals surface area contributed by atoms with E-state index in [-0.39, 0.29) is 12.0 Å². The van der Waals surface area contributed by atoms with Crippen molar-refractivity contribution in [3.05, 3.63) is 120 Å². The molecule has 4 nitrogen and oxygen atoms in total. The van der Waals surface area contributed by atoms with Crippen LogP contribution in [0.2, 0.25) is 0 Å². The number of hydrogen-bond acceptors (Lipinski definition) is 4. The van der Waals surface area contributed by atoms with E-state index < -0.39 is 0 Å². The molecule has 0 bridgehead atoms. The lowest BCUT2D eigenvalue weighted by Crippen LogP contribution is -2.23. The highest BCUT2D eigenvalue weighted by molar-refractivity contribution is 5.53. The van der Waals surface area contributed by atoms with Gasteiger partial charge in [0.25, 0.3) is 0 Å². The molecule has 144 valence electrons. The maximum atomic E-state index is 6.40. The van der Waals surface area contributed by atoms with E-state index in [0.717, 1.165) is 29.2 Å². The summed E-state index contributed by atoms with van der Waals surface area (Å²) in [5.41, 5.74) is 10.5. The number of pyridine rings is 2. The molecule has 0 amide bonds. The van der Waals surface area contributed by atoms with Crippen molar-refractivity contribution in [2.45, 2.75) is 18.4 Å². The zero-order valence-corrected chi connectivity index (χ0v) is 16.1. The topological polar surface area (TPSA) is 63.8 Å². The molecule has 0 spiro atoms. The maximum Gasteiger partial charge on any atom is 0.126 e. The Morgan fingerprint density at radius 3 is 2.10 bits per heavy atom. The zero-order chi connectivity index (χ0) is 19.9. The molecule has 29 heavy (non-hydrogen) atoms. The zero-order valence-electron chi connectivity index (χ0n) is 16.1. The van der Waals surface area contributed by atoms with Crippen LogP contribution in [-0.4, -0.2) is 9.97 Å². The number of nitrogens with one attached hydrogen (secondary N) is 1. The highest BCUT2D eigenvalue weighted by Crippen LogP contribution is 2.37. The Morgan fingerprint density at radius 1 is 0.724 bits per heavy atom. The van der Waals surface area contributed by atoms with Gasteiger partial charge < -0.3 is 11.1 Å². The number of nitrogens with zero attached hydrogens (tertiary/aromatic N) is 2. The van der Waals surface area contributed by atoms with Crippen LogP contribution < -0.4 is 11.1 Å². The number of anilines is 2. The van der Waals surface area contributed by atoms with Crippen molar-refractivity contribution in [1.82, 2.24) is 9.97 Å². The van der Waals surface area contributed by atoms with Gasteiger partial charge in [0.2, 0.25) is 0 Å². The monoisotopic (exact) mass is 380 g/mol. The van der Waals surface area contributed by atoms with Gasteiger partial charge in [-0.1, -0.05) is 60.7 Å². The molecule has 2 aromatic heterocycles. The Balaban J connectivity index is 1.79. The van der Waals surface area contributed by atoms with E-state index in [1.165, 1.54) is 5.56 Å². The van der Waals surface area contributed by atoms with Crippen LogP contribution in [0, 0.1) is 0 Å². The first-order valence-electron chi connectivity index (χ1n) is 9.78. The molecule has 3 N–H and O–H groups in total. The highest BCUT2D eigenvalue weighted by atomic mass is 15.0. The average molecular weight is 380 g/mol. The normalized spacial score (nSPS) is 12.8. The fraction of sp³-hybridized carbons (Fsp3) is 0.120. The quantitative estimate of drug-likeness (QED) is 0.431. The fourth-order valence-corrected chi connectivity index (χ4v) is 3.65. The van der Waals surface area contributed by atoms with E-state index >= 15 is 0 Å². The molecule has 0 aliphatic rings. The Labute approximate surface area is 171 Å². The SMILES string of the molecule is Nc1ccccc1C(Nc1ccccn1)C(Cc1ccccc1)c1ccccn1. The van der Waals surface area contributed by atoms with Crippen molar-refractivity contribution in [1.29, 1.82) is 0 Å². The van der Waals surface area contributed by atoms with E-state index in [2.05, 4.69) is 46.7 Å². The highest BCUT2D eigenvalue weighted by Gasteiger charge is 2.28. The second kappa shape index (κ2) is 9.02. The molecule has 2 aromatic carbocycles. The Morgan fingerprint density at radius 2 is 1.41 bits per heavy atom. The second-order valence-corrected chi connectivity index (χ2v) is 7.02. The maximum absolute atomic E-state index is 6.40. The first-order valence-corrected chi connectivity index (χ1v) is 9.78. The van der Waals surface area contributed by atoms with Crippen LogP contribution in [0.25, 0.3) is 0 Å². The van der Waals surface area contributed by atoms with E-state index in [4.69, 9.17) is 10.7 Å². The van der Waals surface area contributed by atoms with Crippen molar-refractivity contribution < 1.29 is 0 Å². The second-order valence-electron chi connectivity index (χ2n) is 7.02. The van der Waals surface area contributed by atoms with Crippen LogP contribution in [0.1, 0.15) is 28.8 Å². The molecular weight excluding hydrogens is 356 g/mol. The minimum absolute atomic E-state index is 0.0744. The summed E-state index contributed by atoms with van der Waals surface area (Å²) in [5.74, 6) is 0.889. The van der Waals surface area contributed by atoms with Crippen LogP contribution in [0.15, 0.2) is 103 Å². The molecule has 0 saturated heterocycles. The molecule has 2 unspecified atom stereocenters. The molecule has 4 heteroatoms. The number of rotatable bonds is 7. The summed E-state index contributed by atoms with van der Waals surface area (Å²) in [6, 6.07) is 30.4. The lowest BCUT2D eigenvalue weighted by molar-refractivity contribution is 0.568. The van der Waals surface area contributed by atoms with Crippen molar-refractivity contribution in [3.8, 4) is 0 Å². The van der Waals surface area contributed by atoms with Gasteiger partial charge in [-0.3, -0.25) is 4.98 Å². The third-order valence-electron chi connectivity index (χ3n) is 5.07. The van der Waals surface area contributed by atoms with Crippen LogP contribution in [0.5, 0.6) is 0 Å². The molecule has 4 rings (SSSR count). The standard InChI is InChI=1S/C25H24N4/c26-22-13-5-4-12-20(22)25(29-24-15-7-9-17-28-24)21(23-14-6-8-16-27-23)18-19-10-2-1-3-11-19/h1-17,21,25H,18,26H2,(H,28,29). The van der Waals surface area contributed by atoms with Crippen LogP contribution in [-0.2, 0) is 6.42 Å². The Bertz CT molecular complexity index is 1020. The number of aromatic nitrogens is 2. The molecule has 0 radical (unpaired) electrons. The van der Waals surface area contributed by atoms with Gasteiger partial charge in [0.05, 0.1) is 6.04 Å². The summed E-state index contributed by atoms with van der Waals surface area (Å²) in [4.78, 5) is 9.18. The number of benzene rings is 2. The minimum Gasteiger partial charge on any atom is -0.398 e. The molecule has 2 heterocycles. The van der Waals surface area contributed by atoms with Gasteiger partial charge in [0.1, 0.15) is 5.82 Å². The van der Waals surface area contributed by atoms with Gasteiger partial charge in [0, 0.05) is 29.7 Å². The molecule has 0 fully saturated rings. The Hall–Kier alpha value is -3.66. The fourth-order valence-electron chi connectivity index (χ4n) is 3.65. The predicted octanol–water partition coefficient (Wildman–Crippen LogP) is 5.24. The van der Waals surface area contributed by atoms with E-state index in [1.807, 2.05) is 60.8 Å². The van der Waals surface area contributed by atoms with Gasteiger partial charge in [0.15, 0.2) is 0 Å². The molecule has 0 aliphatic carbocycles. The summed E-state index contributed by atoms with van der Waals surface area (Å²) >= 11 is 0. The third-order valence-corrected chi connectivity index (χ3v) is 5.07. The van der Waals surface area contributed by atoms with Crippen molar-refractivity contribution in [2.75, 3.05) is 11.1 Å². The number of hydrogen-bond donors (Lipinski definition) is 2. The summed E-state index contributed by atoms with van der Waals surface area (Å²) < 4.78 is 0. The van der Waals surface area contributed by atoms with Crippen molar-refractivity contribution >= 4 is 11.5 Å². The smallest absolute Gasteiger partial charge is 0.126 e. The van der Waals surface area contributed by atoms with Gasteiger partial charge in [-0.25, -0.2) is 4.98 Å². The van der Waals surface area contributed by atoms with Gasteiger partial charge in [-0.15, -0.1) is 0 Å². The minimum atomic E-state index is -0.0822. The Kier molecular flexibility index (Phi) is 5.81. The molecule has 4 aromatic rings. The molecule has 2 atom stereocenters. The van der Waals surface area contributed by atoms with E-state index in [9.17, 15) is 0 Å². The number of nitrogens with two attached hydrogens (primary N) is 1. The number of para-hydroxylation sites is 1. The summed E-state index contributed by atoms with van der Waals surface area (Å²) in [5, 5.41) is 3.62. The van der Waals surface area contributed by atoms with E-state index in [1.54, 1.807) is 6.20 Å². The lowest BCUT2D eigenvalue weighted by atomic mass is 9.84. The van der Waals surface area contributed by atoms with Gasteiger partial charge >= 0.3 is 0 Å². The molecule has 0 aliphatic heterocycles. The average Bonchev–Trinajstić information content (AvgIpc) is 2.79.